The Morgan fingerprint density at radius 2 is 0.567 bits per heavy atom. The van der Waals surface area contributed by atoms with E-state index in [1.54, 1.807) is 0 Å². The zero-order chi connectivity index (χ0) is 23.1. The number of benzene rings is 2. The standard InChI is InChI=1S/C16H6F12S2/c17-13(18,19)7-1-8(14(20,21)22)4-11(3-7)29-30-12-5-9(15(23,24)25)2-10(6-12)16(26,27)28/h1-6H. The Kier molecular flexibility index (Phi) is 6.63. The van der Waals surface area contributed by atoms with Crippen LogP contribution in [0.3, 0.4) is 0 Å². The molecule has 0 atom stereocenters. The third-order valence-corrected chi connectivity index (χ3v) is 5.70. The third kappa shape index (κ3) is 6.40. The van der Waals surface area contributed by atoms with Gasteiger partial charge < -0.3 is 0 Å². The molecule has 0 fully saturated rings. The van der Waals surface area contributed by atoms with Gasteiger partial charge in [0.15, 0.2) is 0 Å². The molecule has 0 unspecified atom stereocenters. The van der Waals surface area contributed by atoms with Gasteiger partial charge in [0.2, 0.25) is 0 Å². The summed E-state index contributed by atoms with van der Waals surface area (Å²) in [6, 6.07) is 0.939. The van der Waals surface area contributed by atoms with Crippen molar-refractivity contribution in [3.8, 4) is 0 Å². The lowest BCUT2D eigenvalue weighted by Gasteiger charge is -2.15. The zero-order valence-corrected chi connectivity index (χ0v) is 15.4. The highest BCUT2D eigenvalue weighted by Gasteiger charge is 2.38. The van der Waals surface area contributed by atoms with Crippen molar-refractivity contribution in [1.29, 1.82) is 0 Å². The Bertz CT molecular complexity index is 766. The fraction of sp³-hybridized carbons (Fsp3) is 0.250. The topological polar surface area (TPSA) is 0 Å². The summed E-state index contributed by atoms with van der Waals surface area (Å²) in [4.78, 5) is -1.32. The van der Waals surface area contributed by atoms with Crippen molar-refractivity contribution in [2.45, 2.75) is 34.5 Å². The largest absolute Gasteiger partial charge is 0.416 e. The summed E-state index contributed by atoms with van der Waals surface area (Å²) >= 11 is 0. The molecule has 30 heavy (non-hydrogen) atoms. The molecule has 0 aliphatic heterocycles. The highest BCUT2D eigenvalue weighted by molar-refractivity contribution is 8.76. The number of alkyl halides is 12. The number of rotatable bonds is 3. The Morgan fingerprint density at radius 3 is 0.733 bits per heavy atom. The van der Waals surface area contributed by atoms with Crippen LogP contribution in [0.5, 0.6) is 0 Å². The molecule has 0 aliphatic rings. The zero-order valence-electron chi connectivity index (χ0n) is 13.8. The van der Waals surface area contributed by atoms with E-state index in [4.69, 9.17) is 0 Å². The maximum Gasteiger partial charge on any atom is 0.416 e. The maximum atomic E-state index is 12.8. The summed E-state index contributed by atoms with van der Waals surface area (Å²) in [6.07, 6.45) is -20.6. The predicted molar refractivity (Wildman–Crippen MR) is 84.6 cm³/mol. The van der Waals surface area contributed by atoms with Crippen molar-refractivity contribution >= 4 is 21.6 Å². The molecule has 0 radical (unpaired) electrons. The minimum absolute atomic E-state index is 0.152. The molecular formula is C16H6F12S2. The maximum absolute atomic E-state index is 12.8. The predicted octanol–water partition coefficient (Wildman–Crippen LogP) is 8.56. The third-order valence-electron chi connectivity index (χ3n) is 3.36. The lowest BCUT2D eigenvalue weighted by atomic mass is 10.1. The molecule has 2 aromatic carbocycles. The van der Waals surface area contributed by atoms with Gasteiger partial charge in [-0.2, -0.15) is 52.7 Å². The second-order valence-electron chi connectivity index (χ2n) is 5.65. The summed E-state index contributed by atoms with van der Waals surface area (Å²) in [6.45, 7) is 0. The van der Waals surface area contributed by atoms with Gasteiger partial charge in [-0.15, -0.1) is 0 Å². The van der Waals surface area contributed by atoms with Gasteiger partial charge in [-0.05, 0) is 36.4 Å². The van der Waals surface area contributed by atoms with Crippen molar-refractivity contribution in [2.75, 3.05) is 0 Å². The van der Waals surface area contributed by atoms with E-state index in [1.807, 2.05) is 0 Å². The molecule has 2 aromatic rings. The Hall–Kier alpha value is -1.70. The average molecular weight is 490 g/mol. The molecule has 0 N–H and O–H groups in total. The van der Waals surface area contributed by atoms with Gasteiger partial charge in [-0.1, -0.05) is 21.6 Å². The second-order valence-corrected chi connectivity index (χ2v) is 7.93. The highest BCUT2D eigenvalue weighted by Crippen LogP contribution is 2.45. The van der Waals surface area contributed by atoms with Crippen LogP contribution < -0.4 is 0 Å². The lowest BCUT2D eigenvalue weighted by Crippen LogP contribution is -2.11. The molecule has 0 bridgehead atoms. The summed E-state index contributed by atoms with van der Waals surface area (Å²) in [5, 5.41) is 0. The van der Waals surface area contributed by atoms with Gasteiger partial charge in [0.1, 0.15) is 0 Å². The van der Waals surface area contributed by atoms with Crippen LogP contribution in [0, 0.1) is 0 Å². The summed E-state index contributed by atoms with van der Waals surface area (Å²) in [5.74, 6) is 0. The molecule has 2 rings (SSSR count). The average Bonchev–Trinajstić information content (AvgIpc) is 2.56. The molecule has 14 heteroatoms. The first-order chi connectivity index (χ1) is 13.4. The Labute approximate surface area is 168 Å². The molecule has 0 nitrogen and oxygen atoms in total. The van der Waals surface area contributed by atoms with Gasteiger partial charge in [0.05, 0.1) is 22.3 Å². The molecule has 0 heterocycles. The minimum Gasteiger partial charge on any atom is -0.166 e. The van der Waals surface area contributed by atoms with E-state index in [0.717, 1.165) is 0 Å². The molecule has 0 saturated heterocycles. The van der Waals surface area contributed by atoms with Crippen LogP contribution in [0.4, 0.5) is 52.7 Å². The molecular weight excluding hydrogens is 484 g/mol. The van der Waals surface area contributed by atoms with Crippen molar-refractivity contribution in [3.05, 3.63) is 58.7 Å². The Balaban J connectivity index is 2.43. The molecule has 0 spiro atoms. The van der Waals surface area contributed by atoms with Gasteiger partial charge in [-0.25, -0.2) is 0 Å². The molecule has 0 aromatic heterocycles. The number of hydrogen-bond acceptors (Lipinski definition) is 2. The molecule has 166 valence electrons. The van der Waals surface area contributed by atoms with Crippen LogP contribution in [0.2, 0.25) is 0 Å². The molecule has 0 saturated carbocycles. The first kappa shape index (κ1) is 24.6. The van der Waals surface area contributed by atoms with E-state index in [0.29, 0.717) is 24.3 Å². The number of halogens is 12. The smallest absolute Gasteiger partial charge is 0.166 e. The van der Waals surface area contributed by atoms with Crippen LogP contribution in [0.1, 0.15) is 22.3 Å². The Morgan fingerprint density at radius 1 is 0.367 bits per heavy atom. The summed E-state index contributed by atoms with van der Waals surface area (Å²) in [5.41, 5.74) is -6.67. The first-order valence-electron chi connectivity index (χ1n) is 7.31. The van der Waals surface area contributed by atoms with Crippen molar-refractivity contribution < 1.29 is 52.7 Å². The van der Waals surface area contributed by atoms with Crippen LogP contribution >= 0.6 is 21.6 Å². The van der Waals surface area contributed by atoms with Crippen LogP contribution in [0.25, 0.3) is 0 Å². The normalized spacial score (nSPS) is 13.6. The lowest BCUT2D eigenvalue weighted by molar-refractivity contribution is -0.145. The van der Waals surface area contributed by atoms with E-state index in [1.165, 1.54) is 0 Å². The van der Waals surface area contributed by atoms with E-state index in [9.17, 15) is 52.7 Å². The molecule has 0 amide bonds. The fourth-order valence-corrected chi connectivity index (χ4v) is 4.09. The van der Waals surface area contributed by atoms with Crippen molar-refractivity contribution in [2.24, 2.45) is 0 Å². The quantitative estimate of drug-likeness (QED) is 0.312. The van der Waals surface area contributed by atoms with Gasteiger partial charge in [0, 0.05) is 9.79 Å². The fourth-order valence-electron chi connectivity index (χ4n) is 2.05. The van der Waals surface area contributed by atoms with Gasteiger partial charge in [0.25, 0.3) is 0 Å². The highest BCUT2D eigenvalue weighted by atomic mass is 33.1. The van der Waals surface area contributed by atoms with E-state index < -0.39 is 56.7 Å². The summed E-state index contributed by atoms with van der Waals surface area (Å²) < 4.78 is 154. The van der Waals surface area contributed by atoms with Crippen LogP contribution in [-0.2, 0) is 24.7 Å². The first-order valence-corrected chi connectivity index (χ1v) is 9.46. The minimum atomic E-state index is -5.15. The van der Waals surface area contributed by atoms with Crippen molar-refractivity contribution in [3.63, 3.8) is 0 Å². The van der Waals surface area contributed by atoms with E-state index in [2.05, 4.69) is 0 Å². The van der Waals surface area contributed by atoms with Crippen LogP contribution in [0.15, 0.2) is 46.2 Å². The van der Waals surface area contributed by atoms with E-state index in [-0.39, 0.29) is 33.7 Å². The molecule has 0 aliphatic carbocycles. The second kappa shape index (κ2) is 8.09. The van der Waals surface area contributed by atoms with Gasteiger partial charge in [-0.3, -0.25) is 0 Å². The van der Waals surface area contributed by atoms with E-state index >= 15 is 0 Å². The number of hydrogen-bond donors (Lipinski definition) is 0. The van der Waals surface area contributed by atoms with Crippen LogP contribution in [-0.4, -0.2) is 0 Å². The monoisotopic (exact) mass is 490 g/mol. The summed E-state index contributed by atoms with van der Waals surface area (Å²) in [7, 11) is 0.309. The van der Waals surface area contributed by atoms with Gasteiger partial charge >= 0.3 is 24.7 Å². The van der Waals surface area contributed by atoms with Crippen molar-refractivity contribution in [1.82, 2.24) is 0 Å². The SMILES string of the molecule is FC(F)(F)c1cc(SSc2cc(C(F)(F)F)cc(C(F)(F)F)c2)cc(C(F)(F)F)c1.